The maximum Gasteiger partial charge on any atom is 0.223 e. The van der Waals surface area contributed by atoms with Crippen molar-refractivity contribution in [2.45, 2.75) is 55.9 Å². The Hall–Kier alpha value is -0.670. The minimum absolute atomic E-state index is 0. The SMILES string of the molecule is CN=C(NCC(SC)c1cccc(Cl)c1)NC1CCCC(C(=O)NC2CC2)C1.I. The van der Waals surface area contributed by atoms with E-state index in [0.717, 1.165) is 56.1 Å². The zero-order valence-electron chi connectivity index (χ0n) is 17.1. The summed E-state index contributed by atoms with van der Waals surface area (Å²) in [5.74, 6) is 1.16. The first-order valence-electron chi connectivity index (χ1n) is 10.1. The number of benzene rings is 1. The fraction of sp³-hybridized carbons (Fsp3) is 0.619. The van der Waals surface area contributed by atoms with Crippen LogP contribution in [0.5, 0.6) is 0 Å². The number of hydrogen-bond acceptors (Lipinski definition) is 3. The summed E-state index contributed by atoms with van der Waals surface area (Å²) < 4.78 is 0. The van der Waals surface area contributed by atoms with E-state index < -0.39 is 0 Å². The molecule has 1 aromatic rings. The first-order valence-corrected chi connectivity index (χ1v) is 11.8. The van der Waals surface area contributed by atoms with Gasteiger partial charge in [-0.3, -0.25) is 9.79 Å². The topological polar surface area (TPSA) is 65.5 Å². The minimum Gasteiger partial charge on any atom is -0.355 e. The molecule has 2 saturated carbocycles. The number of aliphatic imine (C=N–C) groups is 1. The smallest absolute Gasteiger partial charge is 0.223 e. The number of halogens is 2. The summed E-state index contributed by atoms with van der Waals surface area (Å²) in [5.41, 5.74) is 1.21. The van der Waals surface area contributed by atoms with Gasteiger partial charge < -0.3 is 16.0 Å². The van der Waals surface area contributed by atoms with Crippen LogP contribution in [-0.2, 0) is 4.79 Å². The second-order valence-electron chi connectivity index (χ2n) is 7.72. The van der Waals surface area contributed by atoms with Crippen LogP contribution in [0.4, 0.5) is 0 Å². The van der Waals surface area contributed by atoms with Crippen molar-refractivity contribution in [2.24, 2.45) is 10.9 Å². The summed E-state index contributed by atoms with van der Waals surface area (Å²) in [7, 11) is 1.79. The Kier molecular flexibility index (Phi) is 10.4. The quantitative estimate of drug-likeness (QED) is 0.268. The van der Waals surface area contributed by atoms with Gasteiger partial charge in [0.25, 0.3) is 0 Å². The van der Waals surface area contributed by atoms with E-state index >= 15 is 0 Å². The highest BCUT2D eigenvalue weighted by molar-refractivity contribution is 14.0. The third kappa shape index (κ3) is 7.83. The van der Waals surface area contributed by atoms with E-state index in [1.54, 1.807) is 18.8 Å². The number of carbonyl (C=O) groups is 1. The van der Waals surface area contributed by atoms with E-state index in [-0.39, 0.29) is 41.8 Å². The van der Waals surface area contributed by atoms with E-state index in [1.165, 1.54) is 5.56 Å². The van der Waals surface area contributed by atoms with Crippen molar-refractivity contribution in [1.82, 2.24) is 16.0 Å². The molecule has 0 aliphatic heterocycles. The number of nitrogens with zero attached hydrogens (tertiary/aromatic N) is 1. The molecule has 0 heterocycles. The maximum atomic E-state index is 12.4. The number of carbonyl (C=O) groups excluding carboxylic acids is 1. The Bertz CT molecular complexity index is 701. The Morgan fingerprint density at radius 1 is 1.24 bits per heavy atom. The van der Waals surface area contributed by atoms with E-state index in [4.69, 9.17) is 11.6 Å². The molecule has 3 unspecified atom stereocenters. The maximum absolute atomic E-state index is 12.4. The summed E-state index contributed by atoms with van der Waals surface area (Å²) in [4.78, 5) is 16.8. The summed E-state index contributed by atoms with van der Waals surface area (Å²) in [6.07, 6.45) is 8.40. The Balaban J connectivity index is 0.00000300. The van der Waals surface area contributed by atoms with Gasteiger partial charge in [0.05, 0.1) is 0 Å². The Morgan fingerprint density at radius 3 is 2.69 bits per heavy atom. The molecule has 0 radical (unpaired) electrons. The molecule has 0 saturated heterocycles. The van der Waals surface area contributed by atoms with Crippen LogP contribution in [0.2, 0.25) is 5.02 Å². The molecule has 3 atom stereocenters. The Labute approximate surface area is 200 Å². The van der Waals surface area contributed by atoms with Crippen molar-refractivity contribution in [2.75, 3.05) is 19.8 Å². The molecule has 29 heavy (non-hydrogen) atoms. The average molecular weight is 551 g/mol. The summed E-state index contributed by atoms with van der Waals surface area (Å²) in [5, 5.41) is 11.2. The largest absolute Gasteiger partial charge is 0.355 e. The number of hydrogen-bond donors (Lipinski definition) is 3. The number of amides is 1. The van der Waals surface area contributed by atoms with Crippen LogP contribution in [-0.4, -0.2) is 43.8 Å². The van der Waals surface area contributed by atoms with Gasteiger partial charge in [0.1, 0.15) is 0 Å². The fourth-order valence-electron chi connectivity index (χ4n) is 3.73. The van der Waals surface area contributed by atoms with Crippen molar-refractivity contribution in [3.63, 3.8) is 0 Å². The molecule has 2 fully saturated rings. The zero-order valence-corrected chi connectivity index (χ0v) is 21.0. The molecule has 8 heteroatoms. The summed E-state index contributed by atoms with van der Waals surface area (Å²) in [6.45, 7) is 0.763. The van der Waals surface area contributed by atoms with Crippen LogP contribution < -0.4 is 16.0 Å². The highest BCUT2D eigenvalue weighted by Gasteiger charge is 2.31. The molecule has 3 rings (SSSR count). The Morgan fingerprint density at radius 2 is 2.03 bits per heavy atom. The molecule has 3 N–H and O–H groups in total. The van der Waals surface area contributed by atoms with Crippen LogP contribution in [0, 0.1) is 5.92 Å². The predicted octanol–water partition coefficient (Wildman–Crippen LogP) is 4.36. The monoisotopic (exact) mass is 550 g/mol. The highest BCUT2D eigenvalue weighted by Crippen LogP contribution is 2.28. The molecule has 1 amide bonds. The molecule has 0 bridgehead atoms. The zero-order chi connectivity index (χ0) is 19.9. The summed E-state index contributed by atoms with van der Waals surface area (Å²) in [6, 6.07) is 8.73. The van der Waals surface area contributed by atoms with Crippen molar-refractivity contribution in [1.29, 1.82) is 0 Å². The highest BCUT2D eigenvalue weighted by atomic mass is 127. The lowest BCUT2D eigenvalue weighted by atomic mass is 9.85. The normalized spacial score (nSPS) is 22.9. The van der Waals surface area contributed by atoms with Gasteiger partial charge in [-0.1, -0.05) is 30.2 Å². The van der Waals surface area contributed by atoms with Crippen LogP contribution in [0.3, 0.4) is 0 Å². The lowest BCUT2D eigenvalue weighted by Gasteiger charge is -2.30. The van der Waals surface area contributed by atoms with E-state index in [1.807, 2.05) is 18.2 Å². The first-order chi connectivity index (χ1) is 13.6. The number of nitrogens with one attached hydrogen (secondary N) is 3. The van der Waals surface area contributed by atoms with Gasteiger partial charge in [-0.15, -0.1) is 24.0 Å². The second kappa shape index (κ2) is 12.2. The average Bonchev–Trinajstić information content (AvgIpc) is 3.52. The lowest BCUT2D eigenvalue weighted by molar-refractivity contribution is -0.126. The third-order valence-electron chi connectivity index (χ3n) is 5.49. The molecule has 162 valence electrons. The molecule has 0 aromatic heterocycles. The van der Waals surface area contributed by atoms with Gasteiger partial charge >= 0.3 is 0 Å². The number of thioether (sulfide) groups is 1. The van der Waals surface area contributed by atoms with Crippen molar-refractivity contribution in [3.05, 3.63) is 34.9 Å². The van der Waals surface area contributed by atoms with Gasteiger partial charge in [0.15, 0.2) is 5.96 Å². The van der Waals surface area contributed by atoms with Gasteiger partial charge in [-0.2, -0.15) is 11.8 Å². The molecule has 0 spiro atoms. The van der Waals surface area contributed by atoms with Crippen molar-refractivity contribution in [3.8, 4) is 0 Å². The van der Waals surface area contributed by atoms with Crippen LogP contribution >= 0.6 is 47.3 Å². The molecule has 2 aliphatic rings. The van der Waals surface area contributed by atoms with Gasteiger partial charge in [0.2, 0.25) is 5.91 Å². The van der Waals surface area contributed by atoms with Crippen LogP contribution in [0.15, 0.2) is 29.3 Å². The molecule has 5 nitrogen and oxygen atoms in total. The van der Waals surface area contributed by atoms with E-state index in [2.05, 4.69) is 33.3 Å². The first kappa shape index (κ1) is 24.6. The van der Waals surface area contributed by atoms with E-state index in [0.29, 0.717) is 11.3 Å². The molecular weight excluding hydrogens is 519 g/mol. The number of guanidine groups is 1. The summed E-state index contributed by atoms with van der Waals surface area (Å²) >= 11 is 7.93. The standard InChI is InChI=1S/C21H31ClN4OS.HI/c1-23-21(24-13-19(28-2)14-5-3-7-16(22)11-14)26-18-8-4-6-15(12-18)20(27)25-17-9-10-17;/h3,5,7,11,15,17-19H,4,6,8-10,12-13H2,1-2H3,(H,25,27)(H2,23,24,26);1H. The van der Waals surface area contributed by atoms with Crippen LogP contribution in [0.25, 0.3) is 0 Å². The third-order valence-corrected chi connectivity index (χ3v) is 6.74. The van der Waals surface area contributed by atoms with Gasteiger partial charge in [-0.25, -0.2) is 0 Å². The molecular formula is C21H32ClIN4OS. The number of rotatable bonds is 7. The predicted molar refractivity (Wildman–Crippen MR) is 135 cm³/mol. The van der Waals surface area contributed by atoms with Gasteiger partial charge in [-0.05, 0) is 56.1 Å². The lowest BCUT2D eigenvalue weighted by Crippen LogP contribution is -2.47. The van der Waals surface area contributed by atoms with Crippen LogP contribution in [0.1, 0.15) is 49.3 Å². The van der Waals surface area contributed by atoms with Crippen molar-refractivity contribution >= 4 is 59.2 Å². The van der Waals surface area contributed by atoms with Crippen molar-refractivity contribution < 1.29 is 4.79 Å². The van der Waals surface area contributed by atoms with E-state index in [9.17, 15) is 4.79 Å². The molecule has 2 aliphatic carbocycles. The second-order valence-corrected chi connectivity index (χ2v) is 9.20. The fourth-order valence-corrected chi connectivity index (χ4v) is 4.59. The molecule has 1 aromatic carbocycles. The van der Waals surface area contributed by atoms with Gasteiger partial charge in [0, 0.05) is 41.9 Å². The minimum atomic E-state index is 0.